The first-order valence-electron chi connectivity index (χ1n) is 8.39. The number of halogens is 1. The summed E-state index contributed by atoms with van der Waals surface area (Å²) in [7, 11) is 0. The highest BCUT2D eigenvalue weighted by Gasteiger charge is 2.35. The van der Waals surface area contributed by atoms with Crippen molar-refractivity contribution in [2.75, 3.05) is 0 Å². The molecule has 0 aliphatic carbocycles. The van der Waals surface area contributed by atoms with E-state index in [1.165, 1.54) is 10.6 Å². The Hall–Kier alpha value is -2.85. The fraction of sp³-hybridized carbons (Fsp3) is 0.143. The molecule has 0 N–H and O–H groups in total. The zero-order valence-electron chi connectivity index (χ0n) is 14.2. The summed E-state index contributed by atoms with van der Waals surface area (Å²) in [5.74, 6) is 0.545. The number of carbonyl (C=O) groups is 1. The van der Waals surface area contributed by atoms with Gasteiger partial charge in [0.25, 0.3) is 5.91 Å². The number of hydrogen-bond acceptors (Lipinski definition) is 3. The lowest BCUT2D eigenvalue weighted by Crippen LogP contribution is -2.26. The molecule has 1 atom stereocenters. The maximum absolute atomic E-state index is 13.0. The van der Waals surface area contributed by atoms with Crippen LogP contribution in [0.3, 0.4) is 0 Å². The zero-order valence-corrected chi connectivity index (χ0v) is 15.0. The Kier molecular flexibility index (Phi) is 4.35. The van der Waals surface area contributed by atoms with Crippen molar-refractivity contribution in [3.05, 3.63) is 94.4 Å². The SMILES string of the molecule is Cc1ccc(C2=NN(C(=O)c3ccc(Cl)cc3)[C@H](c3ccco3)C2)cc1. The Morgan fingerprint density at radius 2 is 1.85 bits per heavy atom. The van der Waals surface area contributed by atoms with Gasteiger partial charge in [-0.05, 0) is 48.9 Å². The summed E-state index contributed by atoms with van der Waals surface area (Å²) < 4.78 is 5.57. The van der Waals surface area contributed by atoms with Gasteiger partial charge in [0, 0.05) is 17.0 Å². The Morgan fingerprint density at radius 1 is 1.12 bits per heavy atom. The summed E-state index contributed by atoms with van der Waals surface area (Å²) in [6.07, 6.45) is 2.22. The fourth-order valence-electron chi connectivity index (χ4n) is 3.05. The van der Waals surface area contributed by atoms with E-state index < -0.39 is 0 Å². The van der Waals surface area contributed by atoms with E-state index in [0.29, 0.717) is 17.0 Å². The molecule has 4 rings (SSSR count). The van der Waals surface area contributed by atoms with Crippen molar-refractivity contribution in [1.82, 2.24) is 5.01 Å². The minimum atomic E-state index is -0.260. The van der Waals surface area contributed by atoms with E-state index in [4.69, 9.17) is 16.0 Å². The standard InChI is InChI=1S/C21H17ClN2O2/c1-14-4-6-15(7-5-14)18-13-19(20-3-2-12-26-20)24(23-18)21(25)16-8-10-17(22)11-9-16/h2-12,19H,13H2,1H3/t19-/m0/s1. The minimum absolute atomic E-state index is 0.176. The minimum Gasteiger partial charge on any atom is -0.467 e. The Morgan fingerprint density at radius 3 is 2.50 bits per heavy atom. The van der Waals surface area contributed by atoms with Gasteiger partial charge in [0.1, 0.15) is 11.8 Å². The van der Waals surface area contributed by atoms with E-state index in [9.17, 15) is 4.79 Å². The van der Waals surface area contributed by atoms with Crippen molar-refractivity contribution in [2.45, 2.75) is 19.4 Å². The lowest BCUT2D eigenvalue weighted by molar-refractivity contribution is 0.0693. The summed E-state index contributed by atoms with van der Waals surface area (Å²) in [6, 6.07) is 18.4. The quantitative estimate of drug-likeness (QED) is 0.638. The van der Waals surface area contributed by atoms with Gasteiger partial charge in [0.15, 0.2) is 0 Å². The third-order valence-electron chi connectivity index (χ3n) is 4.47. The van der Waals surface area contributed by atoms with Crippen molar-refractivity contribution in [3.8, 4) is 0 Å². The molecule has 130 valence electrons. The zero-order chi connectivity index (χ0) is 18.1. The molecular formula is C21H17ClN2O2. The first kappa shape index (κ1) is 16.6. The molecule has 0 saturated heterocycles. The highest BCUT2D eigenvalue weighted by molar-refractivity contribution is 6.30. The second kappa shape index (κ2) is 6.81. The van der Waals surface area contributed by atoms with Crippen molar-refractivity contribution >= 4 is 23.2 Å². The van der Waals surface area contributed by atoms with Crippen LogP contribution in [0.1, 0.15) is 39.7 Å². The molecule has 0 saturated carbocycles. The van der Waals surface area contributed by atoms with Gasteiger partial charge in [0.2, 0.25) is 0 Å². The number of nitrogens with zero attached hydrogens (tertiary/aromatic N) is 2. The lowest BCUT2D eigenvalue weighted by atomic mass is 10.0. The molecule has 1 aliphatic heterocycles. The van der Waals surface area contributed by atoms with Crippen molar-refractivity contribution < 1.29 is 9.21 Å². The number of benzene rings is 2. The predicted octanol–water partition coefficient (Wildman–Crippen LogP) is 5.23. The summed E-state index contributed by atoms with van der Waals surface area (Å²) >= 11 is 5.93. The molecule has 0 spiro atoms. The van der Waals surface area contributed by atoms with E-state index in [1.807, 2.05) is 43.3 Å². The van der Waals surface area contributed by atoms with Crippen molar-refractivity contribution in [2.24, 2.45) is 5.10 Å². The Bertz CT molecular complexity index is 945. The largest absolute Gasteiger partial charge is 0.467 e. The van der Waals surface area contributed by atoms with Crippen LogP contribution in [0.2, 0.25) is 5.02 Å². The highest BCUT2D eigenvalue weighted by Crippen LogP contribution is 2.34. The average Bonchev–Trinajstić information content (AvgIpc) is 3.32. The number of rotatable bonds is 3. The molecule has 0 fully saturated rings. The molecule has 0 bridgehead atoms. The van der Waals surface area contributed by atoms with Crippen molar-refractivity contribution in [3.63, 3.8) is 0 Å². The van der Waals surface area contributed by atoms with Gasteiger partial charge in [-0.15, -0.1) is 0 Å². The molecule has 2 aromatic carbocycles. The Balaban J connectivity index is 1.70. The molecule has 26 heavy (non-hydrogen) atoms. The summed E-state index contributed by atoms with van der Waals surface area (Å²) in [4.78, 5) is 13.0. The van der Waals surface area contributed by atoms with Crippen LogP contribution in [-0.2, 0) is 0 Å². The molecule has 0 unspecified atom stereocenters. The summed E-state index contributed by atoms with van der Waals surface area (Å²) in [5, 5.41) is 6.73. The van der Waals surface area contributed by atoms with Crippen LogP contribution in [0.15, 0.2) is 76.4 Å². The fourth-order valence-corrected chi connectivity index (χ4v) is 3.17. The van der Waals surface area contributed by atoms with E-state index in [1.54, 1.807) is 30.5 Å². The van der Waals surface area contributed by atoms with Gasteiger partial charge in [-0.2, -0.15) is 5.10 Å². The van der Waals surface area contributed by atoms with Gasteiger partial charge in [-0.1, -0.05) is 41.4 Å². The highest BCUT2D eigenvalue weighted by atomic mass is 35.5. The molecule has 1 aliphatic rings. The van der Waals surface area contributed by atoms with Gasteiger partial charge in [-0.25, -0.2) is 5.01 Å². The average molecular weight is 365 g/mol. The normalized spacial score (nSPS) is 16.6. The molecule has 1 aromatic heterocycles. The van der Waals surface area contributed by atoms with Crippen LogP contribution < -0.4 is 0 Å². The van der Waals surface area contributed by atoms with Gasteiger partial charge < -0.3 is 4.42 Å². The Labute approximate surface area is 156 Å². The number of amides is 1. The molecule has 4 nitrogen and oxygen atoms in total. The first-order valence-corrected chi connectivity index (χ1v) is 8.76. The van der Waals surface area contributed by atoms with Crippen LogP contribution >= 0.6 is 11.6 Å². The van der Waals surface area contributed by atoms with E-state index in [0.717, 1.165) is 17.0 Å². The van der Waals surface area contributed by atoms with E-state index in [2.05, 4.69) is 5.10 Å². The second-order valence-electron chi connectivity index (χ2n) is 6.30. The van der Waals surface area contributed by atoms with Crippen LogP contribution in [-0.4, -0.2) is 16.6 Å². The topological polar surface area (TPSA) is 45.8 Å². The smallest absolute Gasteiger partial charge is 0.274 e. The molecule has 0 radical (unpaired) electrons. The number of furan rings is 1. The summed E-state index contributed by atoms with van der Waals surface area (Å²) in [5.41, 5.74) is 3.61. The van der Waals surface area contributed by atoms with E-state index >= 15 is 0 Å². The number of carbonyl (C=O) groups excluding carboxylic acids is 1. The maximum Gasteiger partial charge on any atom is 0.274 e. The van der Waals surface area contributed by atoms with Crippen LogP contribution in [0, 0.1) is 6.92 Å². The van der Waals surface area contributed by atoms with E-state index in [-0.39, 0.29) is 11.9 Å². The van der Waals surface area contributed by atoms with Crippen LogP contribution in [0.4, 0.5) is 0 Å². The second-order valence-corrected chi connectivity index (χ2v) is 6.74. The third-order valence-corrected chi connectivity index (χ3v) is 4.72. The first-order chi connectivity index (χ1) is 12.6. The summed E-state index contributed by atoms with van der Waals surface area (Å²) in [6.45, 7) is 2.04. The number of hydrogen-bond donors (Lipinski definition) is 0. The van der Waals surface area contributed by atoms with Crippen LogP contribution in [0.5, 0.6) is 0 Å². The monoisotopic (exact) mass is 364 g/mol. The molecule has 3 aromatic rings. The molecule has 1 amide bonds. The predicted molar refractivity (Wildman–Crippen MR) is 101 cm³/mol. The third kappa shape index (κ3) is 3.16. The molecule has 5 heteroatoms. The van der Waals surface area contributed by atoms with Gasteiger partial charge in [0.05, 0.1) is 12.0 Å². The van der Waals surface area contributed by atoms with Gasteiger partial charge in [-0.3, -0.25) is 4.79 Å². The van der Waals surface area contributed by atoms with Crippen molar-refractivity contribution in [1.29, 1.82) is 0 Å². The van der Waals surface area contributed by atoms with Gasteiger partial charge >= 0.3 is 0 Å². The lowest BCUT2D eigenvalue weighted by Gasteiger charge is -2.19. The van der Waals surface area contributed by atoms with Crippen LogP contribution in [0.25, 0.3) is 0 Å². The maximum atomic E-state index is 13.0. The number of aryl methyl sites for hydroxylation is 1. The molecular weight excluding hydrogens is 348 g/mol. The number of hydrazone groups is 1. The molecule has 2 heterocycles.